The molecule has 3 N–H and O–H groups in total. The van der Waals surface area contributed by atoms with Crippen LogP contribution in [0, 0.1) is 13.8 Å². The minimum atomic E-state index is -0.218. The number of amides is 2. The molecule has 0 radical (unpaired) electrons. The van der Waals surface area contributed by atoms with Crippen molar-refractivity contribution in [1.82, 2.24) is 5.32 Å². The topological polar surface area (TPSA) is 61.4 Å². The van der Waals surface area contributed by atoms with Gasteiger partial charge in [-0.1, -0.05) is 18.2 Å². The molecule has 0 aromatic heterocycles. The number of hydrogen-bond donors (Lipinski definition) is 3. The molecule has 0 heterocycles. The van der Waals surface area contributed by atoms with Crippen LogP contribution in [-0.2, 0) is 0 Å². The second kappa shape index (κ2) is 8.07. The van der Waals surface area contributed by atoms with E-state index in [9.17, 15) is 4.79 Å². The third kappa shape index (κ3) is 5.12. The third-order valence-electron chi connectivity index (χ3n) is 2.90. The Kier molecular flexibility index (Phi) is 6.73. The largest absolute Gasteiger partial charge is 0.396 e. The highest BCUT2D eigenvalue weighted by atomic mass is 32.2. The summed E-state index contributed by atoms with van der Waals surface area (Å²) in [7, 11) is 0. The SMILES string of the molecule is CSC[C@H](CCO)NC(=O)Nc1c(C)cccc1C. The van der Waals surface area contributed by atoms with Crippen LogP contribution in [0.1, 0.15) is 17.5 Å². The van der Waals surface area contributed by atoms with Gasteiger partial charge in [0.05, 0.1) is 0 Å². The molecule has 0 aliphatic heterocycles. The van der Waals surface area contributed by atoms with Crippen molar-refractivity contribution in [3.63, 3.8) is 0 Å². The van der Waals surface area contributed by atoms with Crippen LogP contribution >= 0.6 is 11.8 Å². The molecular weight excluding hydrogens is 260 g/mol. The lowest BCUT2D eigenvalue weighted by molar-refractivity contribution is 0.241. The number of nitrogens with one attached hydrogen (secondary N) is 2. The van der Waals surface area contributed by atoms with Gasteiger partial charge in [0.2, 0.25) is 0 Å². The van der Waals surface area contributed by atoms with E-state index in [1.54, 1.807) is 11.8 Å². The molecule has 1 aromatic rings. The quantitative estimate of drug-likeness (QED) is 0.751. The Bertz CT molecular complexity index is 398. The molecule has 0 spiro atoms. The highest BCUT2D eigenvalue weighted by Crippen LogP contribution is 2.19. The highest BCUT2D eigenvalue weighted by Gasteiger charge is 2.12. The van der Waals surface area contributed by atoms with E-state index in [0.717, 1.165) is 22.6 Å². The smallest absolute Gasteiger partial charge is 0.319 e. The van der Waals surface area contributed by atoms with Gasteiger partial charge < -0.3 is 15.7 Å². The predicted molar refractivity (Wildman–Crippen MR) is 81.9 cm³/mol. The molecule has 0 saturated carbocycles. The molecule has 106 valence electrons. The molecular formula is C14H22N2O2S. The van der Waals surface area contributed by atoms with E-state index in [-0.39, 0.29) is 18.7 Å². The van der Waals surface area contributed by atoms with Gasteiger partial charge in [0.15, 0.2) is 0 Å². The summed E-state index contributed by atoms with van der Waals surface area (Å²) in [5.41, 5.74) is 2.93. The summed E-state index contributed by atoms with van der Waals surface area (Å²) in [6.07, 6.45) is 2.55. The average Bonchev–Trinajstić information content (AvgIpc) is 2.35. The summed E-state index contributed by atoms with van der Waals surface area (Å²) in [5.74, 6) is 0.792. The van der Waals surface area contributed by atoms with Gasteiger partial charge in [0.25, 0.3) is 0 Å². The number of aliphatic hydroxyl groups excluding tert-OH is 1. The first-order valence-electron chi connectivity index (χ1n) is 6.32. The molecule has 19 heavy (non-hydrogen) atoms. The van der Waals surface area contributed by atoms with E-state index < -0.39 is 0 Å². The Morgan fingerprint density at radius 2 is 2.00 bits per heavy atom. The van der Waals surface area contributed by atoms with Crippen LogP contribution in [0.2, 0.25) is 0 Å². The molecule has 1 atom stereocenters. The third-order valence-corrected chi connectivity index (χ3v) is 3.64. The van der Waals surface area contributed by atoms with Crippen molar-refractivity contribution in [1.29, 1.82) is 0 Å². The lowest BCUT2D eigenvalue weighted by Gasteiger charge is -2.18. The summed E-state index contributed by atoms with van der Waals surface area (Å²) in [5, 5.41) is 14.7. The Morgan fingerprint density at radius 1 is 1.37 bits per heavy atom. The van der Waals surface area contributed by atoms with Gasteiger partial charge in [-0.3, -0.25) is 0 Å². The molecule has 0 unspecified atom stereocenters. The fourth-order valence-corrected chi connectivity index (χ4v) is 2.55. The molecule has 0 fully saturated rings. The van der Waals surface area contributed by atoms with Gasteiger partial charge in [0.1, 0.15) is 0 Å². The van der Waals surface area contributed by atoms with Gasteiger partial charge in [-0.15, -0.1) is 0 Å². The summed E-state index contributed by atoms with van der Waals surface area (Å²) in [6, 6.07) is 5.68. The molecule has 4 nitrogen and oxygen atoms in total. The predicted octanol–water partition coefficient (Wildman–Crippen LogP) is 2.54. The maximum atomic E-state index is 12.0. The molecule has 5 heteroatoms. The number of thioether (sulfide) groups is 1. The van der Waals surface area contributed by atoms with Crippen molar-refractivity contribution in [3.05, 3.63) is 29.3 Å². The standard InChI is InChI=1S/C14H22N2O2S/c1-10-5-4-6-11(2)13(10)16-14(18)15-12(7-8-17)9-19-3/h4-6,12,17H,7-9H2,1-3H3,(H2,15,16,18)/t12-/m0/s1. The number of anilines is 1. The summed E-state index contributed by atoms with van der Waals surface area (Å²) < 4.78 is 0. The number of hydrogen-bond acceptors (Lipinski definition) is 3. The summed E-state index contributed by atoms with van der Waals surface area (Å²) >= 11 is 1.65. The van der Waals surface area contributed by atoms with E-state index in [4.69, 9.17) is 5.11 Å². The second-order valence-electron chi connectivity index (χ2n) is 4.53. The van der Waals surface area contributed by atoms with Crippen molar-refractivity contribution >= 4 is 23.5 Å². The molecule has 1 rings (SSSR count). The first-order valence-corrected chi connectivity index (χ1v) is 7.71. The number of carbonyl (C=O) groups excluding carboxylic acids is 1. The maximum Gasteiger partial charge on any atom is 0.319 e. The van der Waals surface area contributed by atoms with Crippen molar-refractivity contribution < 1.29 is 9.90 Å². The number of aliphatic hydroxyl groups is 1. The Hall–Kier alpha value is -1.20. The number of rotatable bonds is 6. The van der Waals surface area contributed by atoms with E-state index in [1.807, 2.05) is 38.3 Å². The first kappa shape index (κ1) is 15.9. The number of aryl methyl sites for hydroxylation is 2. The number of urea groups is 1. The van der Waals surface area contributed by atoms with Crippen LogP contribution < -0.4 is 10.6 Å². The van der Waals surface area contributed by atoms with Crippen LogP contribution in [0.25, 0.3) is 0 Å². The number of benzene rings is 1. The van der Waals surface area contributed by atoms with E-state index in [2.05, 4.69) is 10.6 Å². The first-order chi connectivity index (χ1) is 9.08. The highest BCUT2D eigenvalue weighted by molar-refractivity contribution is 7.98. The fraction of sp³-hybridized carbons (Fsp3) is 0.500. The molecule has 0 aliphatic carbocycles. The minimum Gasteiger partial charge on any atom is -0.396 e. The van der Waals surface area contributed by atoms with E-state index >= 15 is 0 Å². The van der Waals surface area contributed by atoms with Gasteiger partial charge in [-0.25, -0.2) is 4.79 Å². The van der Waals surface area contributed by atoms with Crippen LogP contribution in [0.5, 0.6) is 0 Å². The lowest BCUT2D eigenvalue weighted by atomic mass is 10.1. The second-order valence-corrected chi connectivity index (χ2v) is 5.44. The zero-order valence-electron chi connectivity index (χ0n) is 11.7. The average molecular weight is 282 g/mol. The zero-order valence-corrected chi connectivity index (χ0v) is 12.5. The number of para-hydroxylation sites is 1. The number of carbonyl (C=O) groups is 1. The Labute approximate surface area is 119 Å². The van der Waals surface area contributed by atoms with Crippen molar-refractivity contribution in [3.8, 4) is 0 Å². The van der Waals surface area contributed by atoms with Crippen molar-refractivity contribution in [2.75, 3.05) is 23.9 Å². The maximum absolute atomic E-state index is 12.0. The fourth-order valence-electron chi connectivity index (χ4n) is 1.90. The van der Waals surface area contributed by atoms with Gasteiger partial charge in [0, 0.05) is 24.1 Å². The van der Waals surface area contributed by atoms with E-state index in [0.29, 0.717) is 6.42 Å². The van der Waals surface area contributed by atoms with Gasteiger partial charge >= 0.3 is 6.03 Å². The molecule has 0 bridgehead atoms. The summed E-state index contributed by atoms with van der Waals surface area (Å²) in [6.45, 7) is 4.01. The molecule has 1 aromatic carbocycles. The monoisotopic (exact) mass is 282 g/mol. The Balaban J connectivity index is 2.63. The van der Waals surface area contributed by atoms with Crippen LogP contribution in [0.3, 0.4) is 0 Å². The van der Waals surface area contributed by atoms with Crippen LogP contribution in [-0.4, -0.2) is 35.8 Å². The minimum absolute atomic E-state index is 0.00988. The molecule has 2 amide bonds. The van der Waals surface area contributed by atoms with Crippen molar-refractivity contribution in [2.45, 2.75) is 26.3 Å². The van der Waals surface area contributed by atoms with Gasteiger partial charge in [-0.05, 0) is 37.7 Å². The summed E-state index contributed by atoms with van der Waals surface area (Å²) in [4.78, 5) is 12.0. The molecule has 0 saturated heterocycles. The van der Waals surface area contributed by atoms with E-state index in [1.165, 1.54) is 0 Å². The van der Waals surface area contributed by atoms with Crippen molar-refractivity contribution in [2.24, 2.45) is 0 Å². The van der Waals surface area contributed by atoms with Crippen LogP contribution in [0.4, 0.5) is 10.5 Å². The normalized spacial score (nSPS) is 12.0. The van der Waals surface area contributed by atoms with Gasteiger partial charge in [-0.2, -0.15) is 11.8 Å². The lowest BCUT2D eigenvalue weighted by Crippen LogP contribution is -2.40. The zero-order chi connectivity index (χ0) is 14.3. The molecule has 0 aliphatic rings. The Morgan fingerprint density at radius 3 is 2.53 bits per heavy atom. The van der Waals surface area contributed by atoms with Crippen LogP contribution in [0.15, 0.2) is 18.2 Å².